The number of amides is 1. The normalized spacial score (nSPS) is 23.6. The van der Waals surface area contributed by atoms with Gasteiger partial charge in [0.2, 0.25) is 11.9 Å². The van der Waals surface area contributed by atoms with Crippen molar-refractivity contribution in [3.63, 3.8) is 0 Å². The van der Waals surface area contributed by atoms with Crippen molar-refractivity contribution in [2.24, 2.45) is 5.92 Å². The molecule has 3 unspecified atom stereocenters. The lowest BCUT2D eigenvalue weighted by molar-refractivity contribution is -0.140. The van der Waals surface area contributed by atoms with Crippen LogP contribution in [0, 0.1) is 17.2 Å². The van der Waals surface area contributed by atoms with Crippen LogP contribution in [0.5, 0.6) is 5.75 Å². The summed E-state index contributed by atoms with van der Waals surface area (Å²) in [5, 5.41) is 22.6. The second-order valence-corrected chi connectivity index (χ2v) is 12.3. The maximum Gasteiger partial charge on any atom is 0.248 e. The Morgan fingerprint density at radius 1 is 1.07 bits per heavy atom. The molecule has 1 aliphatic carbocycles. The summed E-state index contributed by atoms with van der Waals surface area (Å²) in [5.41, 5.74) is 3.16. The maximum absolute atomic E-state index is 12.2. The molecule has 234 valence electrons. The van der Waals surface area contributed by atoms with E-state index in [1.54, 1.807) is 17.0 Å². The van der Waals surface area contributed by atoms with E-state index in [9.17, 15) is 15.2 Å². The van der Waals surface area contributed by atoms with Crippen LogP contribution in [0.1, 0.15) is 31.2 Å². The van der Waals surface area contributed by atoms with Crippen LogP contribution in [-0.4, -0.2) is 106 Å². The number of aromatic nitrogens is 3. The van der Waals surface area contributed by atoms with E-state index in [4.69, 9.17) is 9.47 Å². The molecule has 5 heterocycles. The first-order valence-electron chi connectivity index (χ1n) is 15.8. The fraction of sp³-hybridized carbons (Fsp3) is 0.485. The number of aliphatic hydroxyl groups is 1. The number of piperazine rings is 1. The second kappa shape index (κ2) is 13.0. The number of ether oxygens (including phenoxy) is 2. The van der Waals surface area contributed by atoms with Gasteiger partial charge in [-0.3, -0.25) is 9.69 Å². The molecule has 2 N–H and O–H groups in total. The molecule has 45 heavy (non-hydrogen) atoms. The number of hydrogen-bond donors (Lipinski definition) is 2. The maximum atomic E-state index is 12.2. The van der Waals surface area contributed by atoms with Gasteiger partial charge in [-0.1, -0.05) is 6.42 Å². The summed E-state index contributed by atoms with van der Waals surface area (Å²) in [6, 6.07) is 16.6. The predicted octanol–water partition coefficient (Wildman–Crippen LogP) is 2.82. The Balaban J connectivity index is 0.995. The van der Waals surface area contributed by atoms with Gasteiger partial charge in [-0.2, -0.15) is 10.2 Å². The first-order chi connectivity index (χ1) is 22.1. The molecule has 12 heteroatoms. The van der Waals surface area contributed by atoms with Gasteiger partial charge in [-0.25, -0.2) is 9.97 Å². The van der Waals surface area contributed by atoms with E-state index < -0.39 is 6.61 Å². The van der Waals surface area contributed by atoms with Crippen LogP contribution >= 0.6 is 0 Å². The lowest BCUT2D eigenvalue weighted by Crippen LogP contribution is -2.56. The number of aliphatic hydroxyl groups excluding tert-OH is 1. The molecule has 4 saturated heterocycles. The zero-order valence-electron chi connectivity index (χ0n) is 25.2. The number of nitriles is 1. The molecule has 5 aliphatic rings. The summed E-state index contributed by atoms with van der Waals surface area (Å²) >= 11 is 0. The zero-order chi connectivity index (χ0) is 30.8. The number of fused-ring (bicyclic) bond motifs is 4. The number of anilines is 3. The molecule has 8 rings (SSSR count). The van der Waals surface area contributed by atoms with Gasteiger partial charge in [-0.05, 0) is 55.3 Å². The van der Waals surface area contributed by atoms with E-state index in [-0.39, 0.29) is 24.0 Å². The van der Waals surface area contributed by atoms with Gasteiger partial charge in [0.05, 0.1) is 24.8 Å². The van der Waals surface area contributed by atoms with Crippen molar-refractivity contribution < 1.29 is 19.4 Å². The van der Waals surface area contributed by atoms with Gasteiger partial charge in [0.15, 0.2) is 5.82 Å². The highest BCUT2D eigenvalue weighted by Gasteiger charge is 2.41. The van der Waals surface area contributed by atoms with E-state index in [0.29, 0.717) is 47.7 Å². The van der Waals surface area contributed by atoms with Crippen LogP contribution in [0.3, 0.4) is 0 Å². The van der Waals surface area contributed by atoms with Crippen molar-refractivity contribution in [1.29, 1.82) is 5.26 Å². The summed E-state index contributed by atoms with van der Waals surface area (Å²) in [4.78, 5) is 32.3. The van der Waals surface area contributed by atoms with Gasteiger partial charge in [0.1, 0.15) is 30.9 Å². The number of nitrogens with zero attached hydrogens (tertiary/aromatic N) is 7. The fourth-order valence-corrected chi connectivity index (χ4v) is 7.00. The van der Waals surface area contributed by atoms with E-state index in [1.165, 1.54) is 12.0 Å². The summed E-state index contributed by atoms with van der Waals surface area (Å²) in [6.07, 6.45) is 4.93. The Kier molecular flexibility index (Phi) is 8.47. The third-order valence-corrected chi connectivity index (χ3v) is 9.62. The molecule has 5 fully saturated rings. The SMILES string of the molecule is N#Cc1cc(-c2ncnc(Nc3ccc(N4CCN(C5COC5)CC4)cc3)n2)ccc1OC1CC2CCCC1CN2C(=O)CO. The van der Waals surface area contributed by atoms with Crippen molar-refractivity contribution in [1.82, 2.24) is 24.8 Å². The van der Waals surface area contributed by atoms with Crippen LogP contribution in [0.2, 0.25) is 0 Å². The van der Waals surface area contributed by atoms with Crippen molar-refractivity contribution in [2.75, 3.05) is 62.8 Å². The Morgan fingerprint density at radius 3 is 2.62 bits per heavy atom. The van der Waals surface area contributed by atoms with Gasteiger partial charge in [-0.15, -0.1) is 0 Å². The minimum Gasteiger partial charge on any atom is -0.489 e. The molecule has 3 aromatic rings. The molecule has 1 saturated carbocycles. The van der Waals surface area contributed by atoms with E-state index >= 15 is 0 Å². The number of piperidine rings is 1. The molecule has 1 amide bonds. The third kappa shape index (κ3) is 6.29. The van der Waals surface area contributed by atoms with Gasteiger partial charge < -0.3 is 29.7 Å². The molecular formula is C33H38N8O4. The molecule has 0 spiro atoms. The number of hydrogen-bond acceptors (Lipinski definition) is 11. The number of benzene rings is 2. The van der Waals surface area contributed by atoms with Crippen LogP contribution in [0.25, 0.3) is 11.4 Å². The van der Waals surface area contributed by atoms with Crippen molar-refractivity contribution >= 4 is 23.2 Å². The predicted molar refractivity (Wildman–Crippen MR) is 167 cm³/mol. The Hall–Kier alpha value is -4.31. The molecule has 0 radical (unpaired) electrons. The standard InChI is InChI=1S/C33H38N8O4/c34-16-24-14-22(4-9-29(24)45-30-15-27-3-1-2-23(30)17-41(27)31(43)18-42)32-35-21-36-33(38-32)37-25-5-7-26(8-6-25)39-10-12-40(13-11-39)28-19-44-20-28/h4-9,14,21,23,27-28,30,42H,1-3,10-13,15,17-20H2,(H,35,36,37,38). The van der Waals surface area contributed by atoms with Crippen molar-refractivity contribution in [3.8, 4) is 23.2 Å². The minimum absolute atomic E-state index is 0.0498. The third-order valence-electron chi connectivity index (χ3n) is 9.62. The highest BCUT2D eigenvalue weighted by Crippen LogP contribution is 2.37. The Bertz CT molecular complexity index is 1550. The summed E-state index contributed by atoms with van der Waals surface area (Å²) < 4.78 is 11.8. The van der Waals surface area contributed by atoms with Crippen molar-refractivity contribution in [3.05, 3.63) is 54.4 Å². The second-order valence-electron chi connectivity index (χ2n) is 12.3. The van der Waals surface area contributed by atoms with E-state index in [0.717, 1.165) is 64.3 Å². The van der Waals surface area contributed by atoms with Gasteiger partial charge in [0, 0.05) is 68.0 Å². The van der Waals surface area contributed by atoms with E-state index in [2.05, 4.69) is 48.3 Å². The molecule has 12 nitrogen and oxygen atoms in total. The highest BCUT2D eigenvalue weighted by atomic mass is 16.5. The smallest absolute Gasteiger partial charge is 0.248 e. The monoisotopic (exact) mass is 610 g/mol. The average Bonchev–Trinajstić information content (AvgIpc) is 3.38. The number of carbonyl (C=O) groups is 1. The minimum atomic E-state index is -0.468. The largest absolute Gasteiger partial charge is 0.489 e. The first-order valence-corrected chi connectivity index (χ1v) is 15.8. The Morgan fingerprint density at radius 2 is 1.89 bits per heavy atom. The van der Waals surface area contributed by atoms with Gasteiger partial charge >= 0.3 is 0 Å². The van der Waals surface area contributed by atoms with Crippen molar-refractivity contribution in [2.45, 2.75) is 43.9 Å². The number of nitrogens with one attached hydrogen (secondary N) is 1. The molecule has 1 aromatic heterocycles. The van der Waals surface area contributed by atoms with Crippen LogP contribution in [-0.2, 0) is 9.53 Å². The topological polar surface area (TPSA) is 140 Å². The first kappa shape index (κ1) is 29.4. The molecule has 2 bridgehead atoms. The highest BCUT2D eigenvalue weighted by molar-refractivity contribution is 5.77. The number of carbonyl (C=O) groups excluding carboxylic acids is 1. The zero-order valence-corrected chi connectivity index (χ0v) is 25.2. The molecule has 3 atom stereocenters. The summed E-state index contributed by atoms with van der Waals surface area (Å²) in [7, 11) is 0. The molecule has 4 aliphatic heterocycles. The number of rotatable bonds is 8. The van der Waals surface area contributed by atoms with Crippen LogP contribution in [0.15, 0.2) is 48.8 Å². The summed E-state index contributed by atoms with van der Waals surface area (Å²) in [6.45, 7) is 5.93. The molecular weight excluding hydrogens is 572 g/mol. The van der Waals surface area contributed by atoms with Crippen LogP contribution < -0.4 is 15.0 Å². The van der Waals surface area contributed by atoms with E-state index in [1.807, 2.05) is 18.2 Å². The summed E-state index contributed by atoms with van der Waals surface area (Å²) in [5.74, 6) is 1.33. The average molecular weight is 611 g/mol. The lowest BCUT2D eigenvalue weighted by atomic mass is 9.91. The van der Waals surface area contributed by atoms with Crippen LogP contribution in [0.4, 0.5) is 17.3 Å². The lowest BCUT2D eigenvalue weighted by Gasteiger charge is -2.43. The van der Waals surface area contributed by atoms with Gasteiger partial charge in [0.25, 0.3) is 0 Å². The Labute approximate surface area is 262 Å². The quantitative estimate of drug-likeness (QED) is 0.389. The molecule has 2 aromatic carbocycles. The fourth-order valence-electron chi connectivity index (χ4n) is 7.00.